The minimum absolute atomic E-state index is 0.136. The average Bonchev–Trinajstić information content (AvgIpc) is 2.75. The zero-order valence-electron chi connectivity index (χ0n) is 17.4. The van der Waals surface area contributed by atoms with Crippen LogP contribution in [0.2, 0.25) is 0 Å². The fraction of sp³-hybridized carbons (Fsp3) is 0.391. The molecular weight excluding hydrogens is 366 g/mol. The molecule has 29 heavy (non-hydrogen) atoms. The first kappa shape index (κ1) is 20.9. The number of piperazine rings is 1. The van der Waals surface area contributed by atoms with E-state index < -0.39 is 0 Å². The van der Waals surface area contributed by atoms with E-state index in [-0.39, 0.29) is 17.9 Å². The van der Waals surface area contributed by atoms with Crippen LogP contribution >= 0.6 is 0 Å². The summed E-state index contributed by atoms with van der Waals surface area (Å²) in [5.41, 5.74) is 2.77. The molecule has 0 radical (unpaired) electrons. The summed E-state index contributed by atoms with van der Waals surface area (Å²) in [5.74, 6) is -0.190. The van der Waals surface area contributed by atoms with Gasteiger partial charge in [-0.05, 0) is 36.8 Å². The summed E-state index contributed by atoms with van der Waals surface area (Å²) in [6.07, 6.45) is 0. The van der Waals surface area contributed by atoms with E-state index in [0.29, 0.717) is 18.7 Å². The molecule has 0 bridgehead atoms. The SMILES string of the molecule is COC(=O)c1ccc(N2CCN(CC(=O)N(C)Cc3ccccc3)C(C)C2)cc1. The maximum atomic E-state index is 12.7. The van der Waals surface area contributed by atoms with Crippen LogP contribution in [0.15, 0.2) is 54.6 Å². The molecule has 0 N–H and O–H groups in total. The van der Waals surface area contributed by atoms with Gasteiger partial charge in [0.25, 0.3) is 0 Å². The predicted molar refractivity (Wildman–Crippen MR) is 114 cm³/mol. The van der Waals surface area contributed by atoms with Gasteiger partial charge in [-0.2, -0.15) is 0 Å². The number of hydrogen-bond acceptors (Lipinski definition) is 5. The van der Waals surface area contributed by atoms with Crippen molar-refractivity contribution in [3.8, 4) is 0 Å². The summed E-state index contributed by atoms with van der Waals surface area (Å²) < 4.78 is 4.75. The lowest BCUT2D eigenvalue weighted by Gasteiger charge is -2.41. The maximum absolute atomic E-state index is 12.7. The van der Waals surface area contributed by atoms with Crippen LogP contribution in [0.1, 0.15) is 22.8 Å². The molecule has 1 atom stereocenters. The lowest BCUT2D eigenvalue weighted by atomic mass is 10.1. The van der Waals surface area contributed by atoms with E-state index in [4.69, 9.17) is 4.74 Å². The van der Waals surface area contributed by atoms with Gasteiger partial charge >= 0.3 is 5.97 Å². The third-order valence-corrected chi connectivity index (χ3v) is 5.45. The predicted octanol–water partition coefficient (Wildman–Crippen LogP) is 2.64. The first-order valence-electron chi connectivity index (χ1n) is 9.93. The van der Waals surface area contributed by atoms with E-state index in [9.17, 15) is 9.59 Å². The van der Waals surface area contributed by atoms with Gasteiger partial charge in [-0.15, -0.1) is 0 Å². The molecule has 0 spiro atoms. The first-order chi connectivity index (χ1) is 14.0. The second kappa shape index (κ2) is 9.56. The average molecular weight is 396 g/mol. The number of amides is 1. The van der Waals surface area contributed by atoms with Crippen LogP contribution in [0.3, 0.4) is 0 Å². The number of esters is 1. The number of nitrogens with zero attached hydrogens (tertiary/aromatic N) is 3. The van der Waals surface area contributed by atoms with E-state index in [1.165, 1.54) is 7.11 Å². The molecule has 1 aliphatic heterocycles. The van der Waals surface area contributed by atoms with Gasteiger partial charge < -0.3 is 14.5 Å². The Balaban J connectivity index is 1.53. The molecule has 154 valence electrons. The topological polar surface area (TPSA) is 53.1 Å². The van der Waals surface area contributed by atoms with Crippen LogP contribution in [-0.2, 0) is 16.1 Å². The van der Waals surface area contributed by atoms with Crippen molar-refractivity contribution in [2.24, 2.45) is 0 Å². The standard InChI is InChI=1S/C23H29N3O3/c1-18-15-26(21-11-9-20(10-12-21)23(28)29-3)14-13-25(18)17-22(27)24(2)16-19-7-5-4-6-8-19/h4-12,18H,13-17H2,1-3H3. The number of carbonyl (C=O) groups is 2. The van der Waals surface area contributed by atoms with Crippen LogP contribution < -0.4 is 4.90 Å². The Kier molecular flexibility index (Phi) is 6.88. The summed E-state index contributed by atoms with van der Waals surface area (Å²) in [6, 6.07) is 17.8. The van der Waals surface area contributed by atoms with Crippen LogP contribution in [0, 0.1) is 0 Å². The number of hydrogen-bond donors (Lipinski definition) is 0. The molecule has 1 aliphatic rings. The molecule has 1 fully saturated rings. The van der Waals surface area contributed by atoms with Crippen molar-refractivity contribution >= 4 is 17.6 Å². The molecular formula is C23H29N3O3. The van der Waals surface area contributed by atoms with Gasteiger partial charge in [0.1, 0.15) is 0 Å². The Morgan fingerprint density at radius 2 is 1.76 bits per heavy atom. The molecule has 2 aromatic rings. The Hall–Kier alpha value is -2.86. The van der Waals surface area contributed by atoms with Gasteiger partial charge in [-0.3, -0.25) is 9.69 Å². The van der Waals surface area contributed by atoms with Crippen molar-refractivity contribution in [3.63, 3.8) is 0 Å². The summed E-state index contributed by atoms with van der Waals surface area (Å²) in [6.45, 7) is 5.72. The third-order valence-electron chi connectivity index (χ3n) is 5.45. The Morgan fingerprint density at radius 3 is 2.38 bits per heavy atom. The second-order valence-electron chi connectivity index (χ2n) is 7.54. The number of benzene rings is 2. The smallest absolute Gasteiger partial charge is 0.337 e. The Labute approximate surface area is 172 Å². The third kappa shape index (κ3) is 5.35. The first-order valence-corrected chi connectivity index (χ1v) is 9.93. The number of anilines is 1. The second-order valence-corrected chi connectivity index (χ2v) is 7.54. The molecule has 0 saturated carbocycles. The van der Waals surface area contributed by atoms with Crippen molar-refractivity contribution in [3.05, 3.63) is 65.7 Å². The van der Waals surface area contributed by atoms with Crippen molar-refractivity contribution < 1.29 is 14.3 Å². The van der Waals surface area contributed by atoms with Crippen molar-refractivity contribution in [2.45, 2.75) is 19.5 Å². The van der Waals surface area contributed by atoms with Gasteiger partial charge in [0.05, 0.1) is 19.2 Å². The van der Waals surface area contributed by atoms with E-state index in [1.54, 1.807) is 17.0 Å². The molecule has 2 aromatic carbocycles. The fourth-order valence-corrected chi connectivity index (χ4v) is 3.63. The van der Waals surface area contributed by atoms with Crippen LogP contribution in [-0.4, -0.2) is 68.1 Å². The minimum atomic E-state index is -0.326. The highest BCUT2D eigenvalue weighted by Crippen LogP contribution is 2.20. The van der Waals surface area contributed by atoms with Crippen LogP contribution in [0.25, 0.3) is 0 Å². The van der Waals surface area contributed by atoms with E-state index in [0.717, 1.165) is 30.9 Å². The number of likely N-dealkylation sites (N-methyl/N-ethyl adjacent to an activating group) is 1. The zero-order valence-corrected chi connectivity index (χ0v) is 17.4. The van der Waals surface area contributed by atoms with Crippen molar-refractivity contribution in [1.29, 1.82) is 0 Å². The maximum Gasteiger partial charge on any atom is 0.337 e. The fourth-order valence-electron chi connectivity index (χ4n) is 3.63. The molecule has 0 aromatic heterocycles. The minimum Gasteiger partial charge on any atom is -0.465 e. The van der Waals surface area contributed by atoms with E-state index in [1.807, 2.05) is 49.5 Å². The van der Waals surface area contributed by atoms with E-state index >= 15 is 0 Å². The van der Waals surface area contributed by atoms with Crippen molar-refractivity contribution in [2.75, 3.05) is 45.2 Å². The quantitative estimate of drug-likeness (QED) is 0.704. The molecule has 1 amide bonds. The highest BCUT2D eigenvalue weighted by Gasteiger charge is 2.26. The van der Waals surface area contributed by atoms with Gasteiger partial charge in [0.2, 0.25) is 5.91 Å². The molecule has 1 unspecified atom stereocenters. The summed E-state index contributed by atoms with van der Waals surface area (Å²) >= 11 is 0. The van der Waals surface area contributed by atoms with E-state index in [2.05, 4.69) is 16.7 Å². The Bertz CT molecular complexity index is 823. The number of ether oxygens (including phenoxy) is 1. The molecule has 6 nitrogen and oxygen atoms in total. The van der Waals surface area contributed by atoms with Crippen molar-refractivity contribution in [1.82, 2.24) is 9.80 Å². The highest BCUT2D eigenvalue weighted by atomic mass is 16.5. The zero-order chi connectivity index (χ0) is 20.8. The van der Waals surface area contributed by atoms with Crippen LogP contribution in [0.4, 0.5) is 5.69 Å². The van der Waals surface area contributed by atoms with Gasteiger partial charge in [0, 0.05) is 45.0 Å². The normalized spacial score (nSPS) is 17.1. The lowest BCUT2D eigenvalue weighted by Crippen LogP contribution is -2.54. The Morgan fingerprint density at radius 1 is 1.07 bits per heavy atom. The number of rotatable bonds is 6. The highest BCUT2D eigenvalue weighted by molar-refractivity contribution is 5.89. The summed E-state index contributed by atoms with van der Waals surface area (Å²) in [7, 11) is 3.24. The molecule has 1 saturated heterocycles. The largest absolute Gasteiger partial charge is 0.465 e. The molecule has 0 aliphatic carbocycles. The van der Waals surface area contributed by atoms with Gasteiger partial charge in [0.15, 0.2) is 0 Å². The summed E-state index contributed by atoms with van der Waals surface area (Å²) in [5, 5.41) is 0. The lowest BCUT2D eigenvalue weighted by molar-refractivity contribution is -0.132. The monoisotopic (exact) mass is 395 g/mol. The van der Waals surface area contributed by atoms with Crippen LogP contribution in [0.5, 0.6) is 0 Å². The van der Waals surface area contributed by atoms with Gasteiger partial charge in [-0.1, -0.05) is 30.3 Å². The van der Waals surface area contributed by atoms with Gasteiger partial charge in [-0.25, -0.2) is 4.79 Å². The number of carbonyl (C=O) groups excluding carboxylic acids is 2. The summed E-state index contributed by atoms with van der Waals surface area (Å²) in [4.78, 5) is 30.6. The number of methoxy groups -OCH3 is 1. The molecule has 3 rings (SSSR count). The molecule has 6 heteroatoms. The molecule has 1 heterocycles.